The molecule has 0 unspecified atom stereocenters. The number of carboxylic acids is 1. The number of fused-ring (bicyclic) bond motifs is 1. The van der Waals surface area contributed by atoms with Crippen molar-refractivity contribution in [1.29, 1.82) is 0 Å². The van der Waals surface area contributed by atoms with Gasteiger partial charge in [0.2, 0.25) is 0 Å². The van der Waals surface area contributed by atoms with Crippen LogP contribution >= 0.6 is 0 Å². The number of rotatable bonds is 10. The van der Waals surface area contributed by atoms with E-state index in [1.807, 2.05) is 49.5 Å². The Morgan fingerprint density at radius 3 is 2.63 bits per heavy atom. The zero-order valence-electron chi connectivity index (χ0n) is 17.9. The predicted octanol–water partition coefficient (Wildman–Crippen LogP) is 5.80. The Kier molecular flexibility index (Phi) is 7.28. The fraction of sp³-hybridized carbons (Fsp3) is 0.360. The number of aromatic nitrogens is 2. The summed E-state index contributed by atoms with van der Waals surface area (Å²) in [6.45, 7) is 7.75. The van der Waals surface area contributed by atoms with Gasteiger partial charge in [-0.3, -0.25) is 9.48 Å². The number of aryl methyl sites for hydroxylation is 1. The van der Waals surface area contributed by atoms with E-state index in [1.165, 1.54) is 0 Å². The molecule has 0 bridgehead atoms. The number of benzene rings is 2. The minimum absolute atomic E-state index is 0.0788. The van der Waals surface area contributed by atoms with Gasteiger partial charge in [-0.2, -0.15) is 5.10 Å². The van der Waals surface area contributed by atoms with Crippen molar-refractivity contribution >= 4 is 16.9 Å². The van der Waals surface area contributed by atoms with Gasteiger partial charge in [-0.15, -0.1) is 0 Å². The van der Waals surface area contributed by atoms with Gasteiger partial charge in [0.1, 0.15) is 12.4 Å². The molecule has 0 aliphatic heterocycles. The van der Waals surface area contributed by atoms with Gasteiger partial charge in [0.15, 0.2) is 0 Å². The lowest BCUT2D eigenvalue weighted by molar-refractivity contribution is -0.137. The Labute approximate surface area is 178 Å². The van der Waals surface area contributed by atoms with Crippen molar-refractivity contribution in [3.8, 4) is 5.75 Å². The van der Waals surface area contributed by atoms with Gasteiger partial charge in [-0.25, -0.2) is 0 Å². The van der Waals surface area contributed by atoms with Crippen LogP contribution in [0.1, 0.15) is 50.7 Å². The molecule has 1 heterocycles. The highest BCUT2D eigenvalue weighted by atomic mass is 16.5. The molecule has 30 heavy (non-hydrogen) atoms. The number of carbonyl (C=O) groups is 1. The Morgan fingerprint density at radius 1 is 1.20 bits per heavy atom. The van der Waals surface area contributed by atoms with Crippen molar-refractivity contribution in [2.75, 3.05) is 0 Å². The molecule has 0 amide bonds. The second kappa shape index (κ2) is 10.1. The van der Waals surface area contributed by atoms with Crippen molar-refractivity contribution in [3.63, 3.8) is 0 Å². The molecule has 1 aromatic heterocycles. The van der Waals surface area contributed by atoms with Gasteiger partial charge in [-0.05, 0) is 54.7 Å². The number of carboxylic acid groups (broad SMARTS) is 1. The van der Waals surface area contributed by atoms with Crippen LogP contribution in [0.15, 0.2) is 60.8 Å². The summed E-state index contributed by atoms with van der Waals surface area (Å²) in [5.41, 5.74) is 3.21. The van der Waals surface area contributed by atoms with Crippen LogP contribution in [0.2, 0.25) is 0 Å². The third kappa shape index (κ3) is 5.72. The van der Waals surface area contributed by atoms with Crippen molar-refractivity contribution in [1.82, 2.24) is 9.78 Å². The Morgan fingerprint density at radius 2 is 1.97 bits per heavy atom. The second-order valence-electron chi connectivity index (χ2n) is 8.03. The van der Waals surface area contributed by atoms with Crippen LogP contribution in [-0.4, -0.2) is 20.9 Å². The standard InChI is InChI=1S/C25H30N2O3/c1-4-5-21(15-25(28)29)20-7-9-23(10-8-20)30-17-19-6-11-24-22(14-19)16-26-27(24)13-12-18(2)3/h4-11,14,16,18,21H,12-13,15,17H2,1-3H3,(H,28,29)/t21-/m1/s1. The predicted molar refractivity (Wildman–Crippen MR) is 120 cm³/mol. The van der Waals surface area contributed by atoms with Crippen LogP contribution < -0.4 is 4.74 Å². The van der Waals surface area contributed by atoms with Crippen molar-refractivity contribution in [2.45, 2.75) is 52.7 Å². The Bertz CT molecular complexity index is 1000. The van der Waals surface area contributed by atoms with Crippen LogP contribution in [0.5, 0.6) is 5.75 Å². The molecule has 5 nitrogen and oxygen atoms in total. The molecule has 0 aliphatic rings. The normalized spacial score (nSPS) is 12.7. The topological polar surface area (TPSA) is 64.3 Å². The summed E-state index contributed by atoms with van der Waals surface area (Å²) in [4.78, 5) is 11.1. The lowest BCUT2D eigenvalue weighted by Gasteiger charge is -2.12. The first-order chi connectivity index (χ1) is 14.5. The second-order valence-corrected chi connectivity index (χ2v) is 8.03. The van der Waals surface area contributed by atoms with E-state index >= 15 is 0 Å². The van der Waals surface area contributed by atoms with Crippen LogP contribution in [0.4, 0.5) is 0 Å². The van der Waals surface area contributed by atoms with E-state index in [1.54, 1.807) is 0 Å². The van der Waals surface area contributed by atoms with Crippen molar-refractivity contribution < 1.29 is 14.6 Å². The zero-order valence-corrected chi connectivity index (χ0v) is 17.9. The maximum absolute atomic E-state index is 11.1. The highest BCUT2D eigenvalue weighted by Gasteiger charge is 2.12. The average Bonchev–Trinajstić information content (AvgIpc) is 3.13. The SMILES string of the molecule is CC=C[C@H](CC(=O)O)c1ccc(OCc2ccc3c(cnn3CCC(C)C)c2)cc1. The van der Waals surface area contributed by atoms with Crippen LogP contribution in [0, 0.1) is 5.92 Å². The molecule has 0 saturated carbocycles. The lowest BCUT2D eigenvalue weighted by atomic mass is 9.95. The van der Waals surface area contributed by atoms with Gasteiger partial charge in [0, 0.05) is 17.8 Å². The van der Waals surface area contributed by atoms with Gasteiger partial charge >= 0.3 is 5.97 Å². The van der Waals surface area contributed by atoms with Gasteiger partial charge in [0.05, 0.1) is 18.1 Å². The molecule has 0 fully saturated rings. The van der Waals surface area contributed by atoms with Crippen LogP contribution in [0.25, 0.3) is 10.9 Å². The quantitative estimate of drug-likeness (QED) is 0.433. The molecular formula is C25H30N2O3. The number of hydrogen-bond acceptors (Lipinski definition) is 3. The summed E-state index contributed by atoms with van der Waals surface area (Å²) in [5.74, 6) is 0.485. The Hall–Kier alpha value is -3.08. The lowest BCUT2D eigenvalue weighted by Crippen LogP contribution is -2.04. The maximum Gasteiger partial charge on any atom is 0.304 e. The molecule has 2 aromatic carbocycles. The number of allylic oxidation sites excluding steroid dienone is 2. The number of hydrogen-bond donors (Lipinski definition) is 1. The van der Waals surface area contributed by atoms with E-state index in [4.69, 9.17) is 9.84 Å². The number of ether oxygens (including phenoxy) is 1. The highest BCUT2D eigenvalue weighted by molar-refractivity contribution is 5.79. The van der Waals surface area contributed by atoms with E-state index in [0.29, 0.717) is 12.5 Å². The van der Waals surface area contributed by atoms with E-state index in [-0.39, 0.29) is 12.3 Å². The molecule has 3 aromatic rings. The van der Waals surface area contributed by atoms with E-state index < -0.39 is 5.97 Å². The fourth-order valence-corrected chi connectivity index (χ4v) is 3.48. The third-order valence-corrected chi connectivity index (χ3v) is 5.16. The van der Waals surface area contributed by atoms with Crippen LogP contribution in [-0.2, 0) is 17.9 Å². The smallest absolute Gasteiger partial charge is 0.304 e. The minimum Gasteiger partial charge on any atom is -0.489 e. The number of aliphatic carboxylic acids is 1. The average molecular weight is 407 g/mol. The monoisotopic (exact) mass is 406 g/mol. The highest BCUT2D eigenvalue weighted by Crippen LogP contribution is 2.25. The maximum atomic E-state index is 11.1. The minimum atomic E-state index is -0.804. The molecule has 0 saturated heterocycles. The molecule has 0 aliphatic carbocycles. The molecule has 1 N–H and O–H groups in total. The number of nitrogens with zero attached hydrogens (tertiary/aromatic N) is 2. The zero-order chi connectivity index (χ0) is 21.5. The van der Waals surface area contributed by atoms with E-state index in [9.17, 15) is 4.79 Å². The molecule has 3 rings (SSSR count). The summed E-state index contributed by atoms with van der Waals surface area (Å²) in [6, 6.07) is 14.0. The first-order valence-electron chi connectivity index (χ1n) is 10.5. The molecule has 5 heteroatoms. The third-order valence-electron chi connectivity index (χ3n) is 5.16. The van der Waals surface area contributed by atoms with E-state index in [0.717, 1.165) is 40.7 Å². The largest absolute Gasteiger partial charge is 0.489 e. The van der Waals surface area contributed by atoms with Gasteiger partial charge in [-0.1, -0.05) is 44.2 Å². The molecule has 0 radical (unpaired) electrons. The molecular weight excluding hydrogens is 376 g/mol. The molecule has 158 valence electrons. The molecule has 1 atom stereocenters. The Balaban J connectivity index is 1.63. The summed E-state index contributed by atoms with van der Waals surface area (Å²) in [6.07, 6.45) is 6.91. The summed E-state index contributed by atoms with van der Waals surface area (Å²) in [5, 5.41) is 14.7. The summed E-state index contributed by atoms with van der Waals surface area (Å²) in [7, 11) is 0. The van der Waals surface area contributed by atoms with Crippen LogP contribution in [0.3, 0.4) is 0 Å². The van der Waals surface area contributed by atoms with Gasteiger partial charge in [0.25, 0.3) is 0 Å². The summed E-state index contributed by atoms with van der Waals surface area (Å²) >= 11 is 0. The first kappa shape index (κ1) is 21.6. The molecule has 0 spiro atoms. The fourth-order valence-electron chi connectivity index (χ4n) is 3.48. The van der Waals surface area contributed by atoms with Crippen molar-refractivity contribution in [2.24, 2.45) is 5.92 Å². The first-order valence-corrected chi connectivity index (χ1v) is 10.5. The summed E-state index contributed by atoms with van der Waals surface area (Å²) < 4.78 is 8.01. The van der Waals surface area contributed by atoms with Crippen molar-refractivity contribution in [3.05, 3.63) is 71.9 Å². The van der Waals surface area contributed by atoms with Gasteiger partial charge < -0.3 is 9.84 Å². The van der Waals surface area contributed by atoms with E-state index in [2.05, 4.69) is 41.8 Å².